The van der Waals surface area contributed by atoms with E-state index in [0.717, 1.165) is 22.6 Å². The van der Waals surface area contributed by atoms with Crippen molar-refractivity contribution in [3.63, 3.8) is 0 Å². The third-order valence-corrected chi connectivity index (χ3v) is 4.60. The molecule has 5 rings (SSSR count). The SMILES string of the molecule is O=C1CN2C3=C1c1ccccc1CN3C(=O)c1ccccc12. The van der Waals surface area contributed by atoms with Crippen LogP contribution in [0.25, 0.3) is 5.57 Å². The first-order valence-corrected chi connectivity index (χ1v) is 7.30. The molecule has 4 heteroatoms. The van der Waals surface area contributed by atoms with E-state index < -0.39 is 0 Å². The molecule has 0 saturated heterocycles. The van der Waals surface area contributed by atoms with Crippen molar-refractivity contribution in [3.8, 4) is 0 Å². The molecule has 0 bridgehead atoms. The fraction of sp³-hybridized carbons (Fsp3) is 0.111. The molecule has 3 heterocycles. The van der Waals surface area contributed by atoms with Gasteiger partial charge in [0.15, 0.2) is 5.78 Å². The van der Waals surface area contributed by atoms with Crippen LogP contribution in [0.5, 0.6) is 0 Å². The predicted molar refractivity (Wildman–Crippen MR) is 82.0 cm³/mol. The maximum absolute atomic E-state index is 12.8. The molecule has 22 heavy (non-hydrogen) atoms. The predicted octanol–water partition coefficient (Wildman–Crippen LogP) is 2.41. The van der Waals surface area contributed by atoms with Gasteiger partial charge in [-0.25, -0.2) is 0 Å². The molecular weight excluding hydrogens is 276 g/mol. The second-order valence-corrected chi connectivity index (χ2v) is 5.77. The molecule has 1 amide bonds. The van der Waals surface area contributed by atoms with E-state index in [2.05, 4.69) is 0 Å². The summed E-state index contributed by atoms with van der Waals surface area (Å²) in [7, 11) is 0. The number of nitrogens with zero attached hydrogens (tertiary/aromatic N) is 2. The lowest BCUT2D eigenvalue weighted by Crippen LogP contribution is -2.43. The summed E-state index contributed by atoms with van der Waals surface area (Å²) in [5, 5.41) is 0. The van der Waals surface area contributed by atoms with E-state index in [4.69, 9.17) is 0 Å². The molecule has 0 N–H and O–H groups in total. The van der Waals surface area contributed by atoms with Gasteiger partial charge in [0.25, 0.3) is 5.91 Å². The van der Waals surface area contributed by atoms with Crippen molar-refractivity contribution in [2.75, 3.05) is 11.4 Å². The summed E-state index contributed by atoms with van der Waals surface area (Å²) in [6.45, 7) is 0.825. The zero-order valence-corrected chi connectivity index (χ0v) is 11.7. The largest absolute Gasteiger partial charge is 0.318 e. The summed E-state index contributed by atoms with van der Waals surface area (Å²) in [6.07, 6.45) is 0. The molecule has 0 unspecified atom stereocenters. The number of Topliss-reactive ketones (excluding diaryl/α,β-unsaturated/α-hetero) is 1. The van der Waals surface area contributed by atoms with E-state index in [-0.39, 0.29) is 11.7 Å². The second-order valence-electron chi connectivity index (χ2n) is 5.77. The van der Waals surface area contributed by atoms with Gasteiger partial charge in [0.05, 0.1) is 29.9 Å². The number of hydrogen-bond acceptors (Lipinski definition) is 3. The molecule has 0 saturated carbocycles. The van der Waals surface area contributed by atoms with E-state index in [1.165, 1.54) is 0 Å². The van der Waals surface area contributed by atoms with Crippen LogP contribution in [0.1, 0.15) is 21.5 Å². The monoisotopic (exact) mass is 288 g/mol. The number of carbonyl (C=O) groups is 2. The van der Waals surface area contributed by atoms with Gasteiger partial charge < -0.3 is 4.90 Å². The molecule has 0 aliphatic carbocycles. The van der Waals surface area contributed by atoms with Gasteiger partial charge in [-0.05, 0) is 23.3 Å². The van der Waals surface area contributed by atoms with Crippen molar-refractivity contribution in [2.45, 2.75) is 6.54 Å². The molecule has 0 atom stereocenters. The number of ketones is 1. The summed E-state index contributed by atoms with van der Waals surface area (Å²) in [4.78, 5) is 29.2. The summed E-state index contributed by atoms with van der Waals surface area (Å²) >= 11 is 0. The number of para-hydroxylation sites is 1. The first-order valence-electron chi connectivity index (χ1n) is 7.30. The van der Waals surface area contributed by atoms with Gasteiger partial charge in [-0.1, -0.05) is 36.4 Å². The molecule has 0 aromatic heterocycles. The Hall–Kier alpha value is -2.88. The van der Waals surface area contributed by atoms with E-state index >= 15 is 0 Å². The Kier molecular flexibility index (Phi) is 2.06. The summed E-state index contributed by atoms with van der Waals surface area (Å²) in [6, 6.07) is 15.4. The molecular formula is C18H12N2O2. The van der Waals surface area contributed by atoms with Crippen LogP contribution >= 0.6 is 0 Å². The quantitative estimate of drug-likeness (QED) is 0.747. The van der Waals surface area contributed by atoms with Crippen molar-refractivity contribution < 1.29 is 9.59 Å². The van der Waals surface area contributed by atoms with E-state index in [9.17, 15) is 9.59 Å². The third kappa shape index (κ3) is 1.27. The Morgan fingerprint density at radius 2 is 1.50 bits per heavy atom. The van der Waals surface area contributed by atoms with Gasteiger partial charge in [-0.2, -0.15) is 0 Å². The molecule has 2 aromatic carbocycles. The zero-order valence-electron chi connectivity index (χ0n) is 11.7. The highest BCUT2D eigenvalue weighted by Gasteiger charge is 2.45. The molecule has 2 aromatic rings. The lowest BCUT2D eigenvalue weighted by Gasteiger charge is -2.39. The number of rotatable bonds is 0. The average molecular weight is 288 g/mol. The normalized spacial score (nSPS) is 18.4. The molecule has 3 aliphatic heterocycles. The maximum atomic E-state index is 12.8. The van der Waals surface area contributed by atoms with Gasteiger partial charge in [0.1, 0.15) is 5.82 Å². The fourth-order valence-corrected chi connectivity index (χ4v) is 3.66. The van der Waals surface area contributed by atoms with Crippen LogP contribution in [-0.2, 0) is 11.3 Å². The van der Waals surface area contributed by atoms with Crippen LogP contribution in [-0.4, -0.2) is 23.1 Å². The van der Waals surface area contributed by atoms with Crippen LogP contribution in [0.3, 0.4) is 0 Å². The minimum Gasteiger partial charge on any atom is -0.318 e. The number of fused-ring (bicyclic) bond motifs is 4. The highest BCUT2D eigenvalue weighted by atomic mass is 16.2. The Labute approximate surface area is 127 Å². The first-order chi connectivity index (χ1) is 10.8. The Bertz CT molecular complexity index is 897. The lowest BCUT2D eigenvalue weighted by molar-refractivity contribution is -0.112. The first kappa shape index (κ1) is 11.7. The van der Waals surface area contributed by atoms with Crippen LogP contribution in [0, 0.1) is 0 Å². The number of benzene rings is 2. The minimum absolute atomic E-state index is 0.0245. The average Bonchev–Trinajstić information content (AvgIpc) is 2.91. The van der Waals surface area contributed by atoms with Crippen molar-refractivity contribution in [1.82, 2.24) is 4.90 Å². The van der Waals surface area contributed by atoms with Crippen LogP contribution in [0.4, 0.5) is 5.69 Å². The van der Waals surface area contributed by atoms with Crippen molar-refractivity contribution in [1.29, 1.82) is 0 Å². The van der Waals surface area contributed by atoms with Gasteiger partial charge in [0.2, 0.25) is 0 Å². The maximum Gasteiger partial charge on any atom is 0.261 e. The molecule has 0 radical (unpaired) electrons. The molecule has 0 fully saturated rings. The van der Waals surface area contributed by atoms with Crippen molar-refractivity contribution >= 4 is 23.0 Å². The summed E-state index contributed by atoms with van der Waals surface area (Å²) in [5.41, 5.74) is 4.18. The minimum atomic E-state index is -0.0245. The Morgan fingerprint density at radius 1 is 0.773 bits per heavy atom. The zero-order chi connectivity index (χ0) is 14.8. The van der Waals surface area contributed by atoms with E-state index in [1.54, 1.807) is 4.90 Å². The number of hydrogen-bond donors (Lipinski definition) is 0. The Morgan fingerprint density at radius 3 is 2.36 bits per heavy atom. The summed E-state index contributed by atoms with van der Waals surface area (Å²) < 4.78 is 0. The lowest BCUT2D eigenvalue weighted by atomic mass is 9.93. The van der Waals surface area contributed by atoms with Gasteiger partial charge in [0, 0.05) is 0 Å². The third-order valence-electron chi connectivity index (χ3n) is 4.60. The number of anilines is 1. The molecule has 0 spiro atoms. The highest BCUT2D eigenvalue weighted by molar-refractivity contribution is 6.29. The molecule has 3 aliphatic rings. The van der Waals surface area contributed by atoms with Crippen molar-refractivity contribution in [3.05, 3.63) is 71.0 Å². The standard InChI is InChI=1S/C18H12N2O2/c21-15-10-19-14-8-4-3-7-13(14)18(22)20-9-11-5-1-2-6-12(11)16(15)17(19)20/h1-8H,9-10H2. The fourth-order valence-electron chi connectivity index (χ4n) is 3.66. The molecule has 106 valence electrons. The van der Waals surface area contributed by atoms with Gasteiger partial charge >= 0.3 is 0 Å². The number of carbonyl (C=O) groups excluding carboxylic acids is 2. The van der Waals surface area contributed by atoms with Crippen LogP contribution in [0.15, 0.2) is 54.4 Å². The van der Waals surface area contributed by atoms with Crippen LogP contribution < -0.4 is 4.90 Å². The highest BCUT2D eigenvalue weighted by Crippen LogP contribution is 2.44. The topological polar surface area (TPSA) is 40.6 Å². The van der Waals surface area contributed by atoms with E-state index in [1.807, 2.05) is 53.4 Å². The Balaban J connectivity index is 1.85. The number of amides is 1. The van der Waals surface area contributed by atoms with Gasteiger partial charge in [-0.15, -0.1) is 0 Å². The van der Waals surface area contributed by atoms with Crippen molar-refractivity contribution in [2.24, 2.45) is 0 Å². The van der Waals surface area contributed by atoms with Gasteiger partial charge in [-0.3, -0.25) is 14.5 Å². The smallest absolute Gasteiger partial charge is 0.261 e. The van der Waals surface area contributed by atoms with Crippen LogP contribution in [0.2, 0.25) is 0 Å². The summed E-state index contributed by atoms with van der Waals surface area (Å²) in [5.74, 6) is 0.813. The van der Waals surface area contributed by atoms with E-state index in [0.29, 0.717) is 24.2 Å². The molecule has 4 nitrogen and oxygen atoms in total. The second kappa shape index (κ2) is 3.85.